The van der Waals surface area contributed by atoms with Crippen molar-refractivity contribution in [3.8, 4) is 0 Å². The number of hydrogen-bond donors (Lipinski definition) is 2. The van der Waals surface area contributed by atoms with E-state index in [0.717, 1.165) is 25.9 Å². The van der Waals surface area contributed by atoms with Gasteiger partial charge in [0.1, 0.15) is 0 Å². The fourth-order valence-corrected chi connectivity index (χ4v) is 3.30. The number of nitrogens with one attached hydrogen (secondary N) is 2. The van der Waals surface area contributed by atoms with Gasteiger partial charge in [-0.1, -0.05) is 6.92 Å². The van der Waals surface area contributed by atoms with E-state index in [1.807, 2.05) is 0 Å². The summed E-state index contributed by atoms with van der Waals surface area (Å²) in [5.74, 6) is 0.385. The molecular weight excluding hydrogens is 324 g/mol. The quantitative estimate of drug-likeness (QED) is 0.849. The second kappa shape index (κ2) is 8.50. The SMILES string of the molecule is CCS(=O)(=O)c1ccc(C(=O)NCC2CCCNC2)cc1.Cl. The summed E-state index contributed by atoms with van der Waals surface area (Å²) < 4.78 is 23.4. The molecule has 2 rings (SSSR count). The summed E-state index contributed by atoms with van der Waals surface area (Å²) >= 11 is 0. The fraction of sp³-hybridized carbons (Fsp3) is 0.533. The van der Waals surface area contributed by atoms with Crippen LogP contribution in [0.2, 0.25) is 0 Å². The average molecular weight is 347 g/mol. The lowest BCUT2D eigenvalue weighted by Crippen LogP contribution is -2.38. The van der Waals surface area contributed by atoms with Crippen molar-refractivity contribution in [3.05, 3.63) is 29.8 Å². The predicted molar refractivity (Wildman–Crippen MR) is 89.3 cm³/mol. The minimum atomic E-state index is -3.21. The van der Waals surface area contributed by atoms with Crippen LogP contribution in [0.25, 0.3) is 0 Å². The van der Waals surface area contributed by atoms with Gasteiger partial charge in [-0.25, -0.2) is 8.42 Å². The summed E-state index contributed by atoms with van der Waals surface area (Å²) in [6, 6.07) is 6.12. The van der Waals surface area contributed by atoms with Gasteiger partial charge in [-0.2, -0.15) is 0 Å². The van der Waals surface area contributed by atoms with Crippen molar-refractivity contribution >= 4 is 28.2 Å². The Kier molecular flexibility index (Phi) is 7.32. The third-order valence-electron chi connectivity index (χ3n) is 3.81. The van der Waals surface area contributed by atoms with Crippen LogP contribution in [0.3, 0.4) is 0 Å². The molecule has 1 saturated heterocycles. The summed E-state index contributed by atoms with van der Waals surface area (Å²) in [6.07, 6.45) is 2.27. The second-order valence-electron chi connectivity index (χ2n) is 5.35. The van der Waals surface area contributed by atoms with E-state index in [9.17, 15) is 13.2 Å². The summed E-state index contributed by atoms with van der Waals surface area (Å²) in [7, 11) is -3.21. The smallest absolute Gasteiger partial charge is 0.251 e. The largest absolute Gasteiger partial charge is 0.352 e. The molecule has 1 aromatic rings. The molecule has 1 heterocycles. The summed E-state index contributed by atoms with van der Waals surface area (Å²) in [5.41, 5.74) is 0.494. The van der Waals surface area contributed by atoms with Gasteiger partial charge in [0.15, 0.2) is 9.84 Å². The molecule has 1 aromatic carbocycles. The molecule has 1 unspecified atom stereocenters. The molecule has 0 radical (unpaired) electrons. The van der Waals surface area contributed by atoms with Crippen LogP contribution in [-0.4, -0.2) is 39.7 Å². The molecule has 0 bridgehead atoms. The minimum absolute atomic E-state index is 0. The molecule has 1 fully saturated rings. The first-order valence-electron chi connectivity index (χ1n) is 7.34. The zero-order chi connectivity index (χ0) is 15.3. The molecule has 0 spiro atoms. The lowest BCUT2D eigenvalue weighted by Gasteiger charge is -2.22. The third kappa shape index (κ3) is 4.97. The Balaban J connectivity index is 0.00000242. The topological polar surface area (TPSA) is 75.3 Å². The molecule has 2 N–H and O–H groups in total. The Morgan fingerprint density at radius 1 is 1.32 bits per heavy atom. The first kappa shape index (κ1) is 18.9. The number of sulfone groups is 1. The van der Waals surface area contributed by atoms with Crippen LogP contribution in [0.4, 0.5) is 0 Å². The Bertz CT molecular complexity index is 581. The second-order valence-corrected chi connectivity index (χ2v) is 7.63. The van der Waals surface area contributed by atoms with Crippen LogP contribution in [0.5, 0.6) is 0 Å². The fourth-order valence-electron chi connectivity index (χ4n) is 2.42. The van der Waals surface area contributed by atoms with Crippen LogP contribution >= 0.6 is 12.4 Å². The van der Waals surface area contributed by atoms with Crippen LogP contribution in [-0.2, 0) is 9.84 Å². The zero-order valence-electron chi connectivity index (χ0n) is 12.7. The first-order valence-corrected chi connectivity index (χ1v) is 9.00. The van der Waals surface area contributed by atoms with Crippen molar-refractivity contribution in [1.82, 2.24) is 10.6 Å². The lowest BCUT2D eigenvalue weighted by molar-refractivity contribution is 0.0944. The minimum Gasteiger partial charge on any atom is -0.352 e. The molecule has 1 aliphatic heterocycles. The predicted octanol–water partition coefficient (Wildman–Crippen LogP) is 1.63. The number of piperidine rings is 1. The van der Waals surface area contributed by atoms with E-state index in [1.165, 1.54) is 12.1 Å². The Morgan fingerprint density at radius 3 is 2.55 bits per heavy atom. The molecular formula is C15H23ClN2O3S. The molecule has 1 atom stereocenters. The standard InChI is InChI=1S/C15H22N2O3S.ClH/c1-2-21(19,20)14-7-5-13(6-8-14)15(18)17-11-12-4-3-9-16-10-12;/h5-8,12,16H,2-4,9-11H2,1H3,(H,17,18);1H. The van der Waals surface area contributed by atoms with Crippen LogP contribution in [0.15, 0.2) is 29.2 Å². The molecule has 124 valence electrons. The summed E-state index contributed by atoms with van der Waals surface area (Å²) in [6.45, 7) is 4.25. The summed E-state index contributed by atoms with van der Waals surface area (Å²) in [4.78, 5) is 12.3. The maximum absolute atomic E-state index is 12.0. The van der Waals surface area contributed by atoms with Gasteiger partial charge in [0.05, 0.1) is 10.6 Å². The van der Waals surface area contributed by atoms with Crippen molar-refractivity contribution in [2.45, 2.75) is 24.7 Å². The van der Waals surface area contributed by atoms with E-state index in [1.54, 1.807) is 19.1 Å². The first-order chi connectivity index (χ1) is 10.0. The van der Waals surface area contributed by atoms with Crippen LogP contribution < -0.4 is 10.6 Å². The van der Waals surface area contributed by atoms with Crippen LogP contribution in [0, 0.1) is 5.92 Å². The highest BCUT2D eigenvalue weighted by Crippen LogP contribution is 2.13. The van der Waals surface area contributed by atoms with E-state index in [0.29, 0.717) is 18.0 Å². The maximum Gasteiger partial charge on any atom is 0.251 e. The van der Waals surface area contributed by atoms with E-state index in [2.05, 4.69) is 10.6 Å². The Hall–Kier alpha value is -1.11. The van der Waals surface area contributed by atoms with Crippen molar-refractivity contribution in [1.29, 1.82) is 0 Å². The highest BCUT2D eigenvalue weighted by atomic mass is 35.5. The van der Waals surface area contributed by atoms with Gasteiger partial charge in [-0.05, 0) is 56.1 Å². The summed E-state index contributed by atoms with van der Waals surface area (Å²) in [5, 5.41) is 6.22. The number of hydrogen-bond acceptors (Lipinski definition) is 4. The number of halogens is 1. The van der Waals surface area contributed by atoms with Crippen LogP contribution in [0.1, 0.15) is 30.1 Å². The highest BCUT2D eigenvalue weighted by molar-refractivity contribution is 7.91. The zero-order valence-corrected chi connectivity index (χ0v) is 14.3. The van der Waals surface area contributed by atoms with Gasteiger partial charge in [-0.3, -0.25) is 4.79 Å². The van der Waals surface area contributed by atoms with E-state index < -0.39 is 9.84 Å². The number of amides is 1. The lowest BCUT2D eigenvalue weighted by atomic mass is 10.00. The van der Waals surface area contributed by atoms with Crippen molar-refractivity contribution in [3.63, 3.8) is 0 Å². The van der Waals surface area contributed by atoms with Gasteiger partial charge >= 0.3 is 0 Å². The molecule has 1 aliphatic rings. The monoisotopic (exact) mass is 346 g/mol. The number of benzene rings is 1. The molecule has 22 heavy (non-hydrogen) atoms. The van der Waals surface area contributed by atoms with Gasteiger partial charge in [-0.15, -0.1) is 12.4 Å². The molecule has 1 amide bonds. The number of carbonyl (C=O) groups is 1. The van der Waals surface area contributed by atoms with Gasteiger partial charge in [0.2, 0.25) is 0 Å². The van der Waals surface area contributed by atoms with Crippen molar-refractivity contribution in [2.24, 2.45) is 5.92 Å². The molecule has 0 saturated carbocycles. The van der Waals surface area contributed by atoms with Crippen molar-refractivity contribution in [2.75, 3.05) is 25.4 Å². The Labute approximate surface area is 138 Å². The van der Waals surface area contributed by atoms with Gasteiger partial charge in [0, 0.05) is 12.1 Å². The average Bonchev–Trinajstić information content (AvgIpc) is 2.53. The Morgan fingerprint density at radius 2 is 2.00 bits per heavy atom. The molecule has 7 heteroatoms. The molecule has 5 nitrogen and oxygen atoms in total. The van der Waals surface area contributed by atoms with E-state index in [-0.39, 0.29) is 29.0 Å². The third-order valence-corrected chi connectivity index (χ3v) is 5.56. The highest BCUT2D eigenvalue weighted by Gasteiger charge is 2.15. The van der Waals surface area contributed by atoms with Crippen molar-refractivity contribution < 1.29 is 13.2 Å². The normalized spacial score (nSPS) is 18.3. The maximum atomic E-state index is 12.0. The molecule has 0 aliphatic carbocycles. The number of carbonyl (C=O) groups excluding carboxylic acids is 1. The number of rotatable bonds is 5. The van der Waals surface area contributed by atoms with Gasteiger partial charge < -0.3 is 10.6 Å². The van der Waals surface area contributed by atoms with E-state index >= 15 is 0 Å². The van der Waals surface area contributed by atoms with Gasteiger partial charge in [0.25, 0.3) is 5.91 Å². The molecule has 0 aromatic heterocycles. The van der Waals surface area contributed by atoms with E-state index in [4.69, 9.17) is 0 Å².